The number of nitrogens with one attached hydrogen (secondary N) is 1. The van der Waals surface area contributed by atoms with Crippen LogP contribution in [0.4, 0.5) is 0 Å². The molecule has 2 rings (SSSR count). The van der Waals surface area contributed by atoms with E-state index in [1.54, 1.807) is 0 Å². The first-order valence-electron chi connectivity index (χ1n) is 7.51. The van der Waals surface area contributed by atoms with Gasteiger partial charge in [-0.1, -0.05) is 17.7 Å². The summed E-state index contributed by atoms with van der Waals surface area (Å²) in [6, 6.07) is 10.9. The van der Waals surface area contributed by atoms with Crippen molar-refractivity contribution in [3.63, 3.8) is 0 Å². The molecule has 0 aliphatic rings. The highest BCUT2D eigenvalue weighted by Gasteiger charge is 2.06. The Labute approximate surface area is 127 Å². The van der Waals surface area contributed by atoms with Crippen LogP contribution in [0, 0.1) is 6.92 Å². The molecule has 1 aromatic carbocycles. The zero-order valence-electron chi connectivity index (χ0n) is 13.3. The maximum atomic E-state index is 5.77. The van der Waals surface area contributed by atoms with Crippen molar-refractivity contribution in [2.75, 3.05) is 6.61 Å². The van der Waals surface area contributed by atoms with Crippen LogP contribution in [0.15, 0.2) is 36.5 Å². The van der Waals surface area contributed by atoms with Crippen LogP contribution < -0.4 is 10.1 Å². The van der Waals surface area contributed by atoms with Gasteiger partial charge in [0.1, 0.15) is 12.4 Å². The van der Waals surface area contributed by atoms with Crippen LogP contribution in [0.3, 0.4) is 0 Å². The fourth-order valence-corrected chi connectivity index (χ4v) is 1.95. The third-order valence-corrected chi connectivity index (χ3v) is 3.35. The van der Waals surface area contributed by atoms with E-state index in [1.165, 1.54) is 5.56 Å². The summed E-state index contributed by atoms with van der Waals surface area (Å²) in [4.78, 5) is 0. The maximum Gasteiger partial charge on any atom is 0.119 e. The summed E-state index contributed by atoms with van der Waals surface area (Å²) in [5.74, 6) is 0.915. The first-order chi connectivity index (χ1) is 10.0. The molecule has 1 heterocycles. The highest BCUT2D eigenvalue weighted by Crippen LogP contribution is 2.11. The predicted octanol–water partition coefficient (Wildman–Crippen LogP) is 3.33. The van der Waals surface area contributed by atoms with Gasteiger partial charge in [-0.25, -0.2) is 0 Å². The smallest absolute Gasteiger partial charge is 0.119 e. The summed E-state index contributed by atoms with van der Waals surface area (Å²) >= 11 is 0. The largest absolute Gasteiger partial charge is 0.492 e. The number of benzene rings is 1. The van der Waals surface area contributed by atoms with E-state index in [0.717, 1.165) is 18.0 Å². The van der Waals surface area contributed by atoms with Gasteiger partial charge >= 0.3 is 0 Å². The lowest BCUT2D eigenvalue weighted by Crippen LogP contribution is -2.31. The number of rotatable bonds is 7. The van der Waals surface area contributed by atoms with Crippen molar-refractivity contribution in [2.24, 2.45) is 0 Å². The minimum atomic E-state index is 0.274. The Bertz CT molecular complexity index is 545. The fourth-order valence-electron chi connectivity index (χ4n) is 1.95. The molecule has 2 aromatic rings. The molecule has 1 unspecified atom stereocenters. The van der Waals surface area contributed by atoms with Crippen LogP contribution in [0.5, 0.6) is 5.75 Å². The molecule has 1 N–H and O–H groups in total. The molecule has 1 aromatic heterocycles. The Hall–Kier alpha value is -1.81. The zero-order chi connectivity index (χ0) is 15.2. The Morgan fingerprint density at radius 2 is 1.86 bits per heavy atom. The molecular weight excluding hydrogens is 262 g/mol. The molecule has 0 saturated heterocycles. The summed E-state index contributed by atoms with van der Waals surface area (Å²) in [6.45, 7) is 9.86. The molecule has 0 aliphatic carbocycles. The van der Waals surface area contributed by atoms with Crippen LogP contribution in [0.1, 0.15) is 38.1 Å². The average molecular weight is 287 g/mol. The van der Waals surface area contributed by atoms with E-state index in [1.807, 2.05) is 23.0 Å². The number of aryl methyl sites for hydroxylation is 1. The highest BCUT2D eigenvalue weighted by atomic mass is 16.5. The highest BCUT2D eigenvalue weighted by molar-refractivity contribution is 5.26. The quantitative estimate of drug-likeness (QED) is 0.849. The average Bonchev–Trinajstić information content (AvgIpc) is 2.93. The molecule has 21 heavy (non-hydrogen) atoms. The van der Waals surface area contributed by atoms with Crippen LogP contribution in [0.25, 0.3) is 0 Å². The second-order valence-electron chi connectivity index (χ2n) is 5.79. The van der Waals surface area contributed by atoms with E-state index in [-0.39, 0.29) is 6.04 Å². The minimum Gasteiger partial charge on any atom is -0.492 e. The first kappa shape index (κ1) is 15.6. The van der Waals surface area contributed by atoms with Gasteiger partial charge in [0.15, 0.2) is 0 Å². The number of nitrogens with zero attached hydrogens (tertiary/aromatic N) is 2. The summed E-state index contributed by atoms with van der Waals surface area (Å²) in [5.41, 5.74) is 2.31. The molecule has 0 radical (unpaired) electrons. The van der Waals surface area contributed by atoms with E-state index in [9.17, 15) is 0 Å². The van der Waals surface area contributed by atoms with Crippen molar-refractivity contribution in [3.05, 3.63) is 47.8 Å². The van der Waals surface area contributed by atoms with Crippen molar-refractivity contribution in [2.45, 2.75) is 46.3 Å². The van der Waals surface area contributed by atoms with Gasteiger partial charge in [-0.2, -0.15) is 5.10 Å². The Morgan fingerprint density at radius 1 is 1.14 bits per heavy atom. The Kier molecular flexibility index (Phi) is 5.39. The molecule has 114 valence electrons. The van der Waals surface area contributed by atoms with Gasteiger partial charge in [-0.15, -0.1) is 0 Å². The third-order valence-electron chi connectivity index (χ3n) is 3.35. The number of hydrogen-bond donors (Lipinski definition) is 1. The summed E-state index contributed by atoms with van der Waals surface area (Å²) in [6.07, 6.45) is 2.02. The van der Waals surface area contributed by atoms with Crippen LogP contribution >= 0.6 is 0 Å². The minimum absolute atomic E-state index is 0.274. The predicted molar refractivity (Wildman–Crippen MR) is 85.6 cm³/mol. The van der Waals surface area contributed by atoms with Gasteiger partial charge in [0, 0.05) is 24.8 Å². The lowest BCUT2D eigenvalue weighted by molar-refractivity contribution is 0.272. The lowest BCUT2D eigenvalue weighted by atomic mass is 10.2. The molecule has 0 spiro atoms. The summed E-state index contributed by atoms with van der Waals surface area (Å²) in [5, 5.41) is 7.96. The number of aromatic nitrogens is 2. The van der Waals surface area contributed by atoms with Gasteiger partial charge in [0.2, 0.25) is 0 Å². The molecule has 1 atom stereocenters. The van der Waals surface area contributed by atoms with E-state index in [4.69, 9.17) is 4.74 Å². The molecule has 0 amide bonds. The topological polar surface area (TPSA) is 39.1 Å². The van der Waals surface area contributed by atoms with Crippen molar-refractivity contribution >= 4 is 0 Å². The van der Waals surface area contributed by atoms with E-state index >= 15 is 0 Å². The van der Waals surface area contributed by atoms with Crippen molar-refractivity contribution in [3.8, 4) is 5.75 Å². The normalized spacial score (nSPS) is 12.6. The summed E-state index contributed by atoms with van der Waals surface area (Å²) < 4.78 is 7.74. The standard InChI is InChI=1S/C17H25N3O/c1-13(2)20-10-9-16(19-20)11-18-15(4)12-21-17-7-5-14(3)6-8-17/h5-10,13,15,18H,11-12H2,1-4H3. The monoisotopic (exact) mass is 287 g/mol. The second-order valence-corrected chi connectivity index (χ2v) is 5.79. The van der Waals surface area contributed by atoms with Gasteiger partial charge in [0.05, 0.1) is 5.69 Å². The van der Waals surface area contributed by atoms with Gasteiger partial charge < -0.3 is 10.1 Å². The molecular formula is C17H25N3O. The molecule has 4 heteroatoms. The third kappa shape index (κ3) is 4.90. The first-order valence-corrected chi connectivity index (χ1v) is 7.51. The lowest BCUT2D eigenvalue weighted by Gasteiger charge is -2.14. The van der Waals surface area contributed by atoms with Crippen molar-refractivity contribution in [1.29, 1.82) is 0 Å². The van der Waals surface area contributed by atoms with Crippen molar-refractivity contribution in [1.82, 2.24) is 15.1 Å². The summed E-state index contributed by atoms with van der Waals surface area (Å²) in [7, 11) is 0. The van der Waals surface area contributed by atoms with Crippen molar-refractivity contribution < 1.29 is 4.74 Å². The van der Waals surface area contributed by atoms with Crippen LogP contribution in [-0.4, -0.2) is 22.4 Å². The molecule has 0 bridgehead atoms. The maximum absolute atomic E-state index is 5.77. The number of ether oxygens (including phenoxy) is 1. The molecule has 0 fully saturated rings. The van der Waals surface area contributed by atoms with Crippen LogP contribution in [-0.2, 0) is 6.54 Å². The van der Waals surface area contributed by atoms with Gasteiger partial charge in [-0.05, 0) is 45.9 Å². The van der Waals surface area contributed by atoms with Crippen LogP contribution in [0.2, 0.25) is 0 Å². The SMILES string of the molecule is Cc1ccc(OCC(C)NCc2ccn(C(C)C)n2)cc1. The number of hydrogen-bond acceptors (Lipinski definition) is 3. The Morgan fingerprint density at radius 3 is 2.48 bits per heavy atom. The van der Waals surface area contributed by atoms with E-state index in [0.29, 0.717) is 12.6 Å². The van der Waals surface area contributed by atoms with Gasteiger partial charge in [0.25, 0.3) is 0 Å². The van der Waals surface area contributed by atoms with Gasteiger partial charge in [-0.3, -0.25) is 4.68 Å². The van der Waals surface area contributed by atoms with E-state index in [2.05, 4.69) is 56.3 Å². The molecule has 0 aliphatic heterocycles. The zero-order valence-corrected chi connectivity index (χ0v) is 13.3. The second kappa shape index (κ2) is 7.27. The fraction of sp³-hybridized carbons (Fsp3) is 0.471. The Balaban J connectivity index is 1.74. The van der Waals surface area contributed by atoms with E-state index < -0.39 is 0 Å². The molecule has 0 saturated carbocycles. The molecule has 4 nitrogen and oxygen atoms in total.